The minimum Gasteiger partial charge on any atom is -0.0826 e. The maximum atomic E-state index is 2.60. The lowest BCUT2D eigenvalue weighted by molar-refractivity contribution is 0.462. The molecule has 0 atom stereocenters. The van der Waals surface area contributed by atoms with Crippen LogP contribution in [0.5, 0.6) is 0 Å². The van der Waals surface area contributed by atoms with E-state index in [0.29, 0.717) is 0 Å². The molecule has 3 rings (SSSR count). The van der Waals surface area contributed by atoms with E-state index in [1.165, 1.54) is 47.9 Å². The highest BCUT2D eigenvalue weighted by molar-refractivity contribution is 14.1. The molecule has 1 saturated carbocycles. The van der Waals surface area contributed by atoms with Crippen LogP contribution in [0.2, 0.25) is 0 Å². The van der Waals surface area contributed by atoms with Gasteiger partial charge in [-0.1, -0.05) is 76.7 Å². The summed E-state index contributed by atoms with van der Waals surface area (Å²) >= 11 is 2.60. The number of alkyl halides is 1. The van der Waals surface area contributed by atoms with Crippen molar-refractivity contribution >= 4 is 22.6 Å². The number of aryl methyl sites for hydroxylation is 1. The van der Waals surface area contributed by atoms with E-state index in [9.17, 15) is 0 Å². The third kappa shape index (κ3) is 3.25. The van der Waals surface area contributed by atoms with Crippen molar-refractivity contribution in [1.82, 2.24) is 0 Å². The predicted molar refractivity (Wildman–Crippen MR) is 95.6 cm³/mol. The summed E-state index contributed by atoms with van der Waals surface area (Å²) in [6, 6.07) is 18.1. The molecule has 0 nitrogen and oxygen atoms in total. The number of rotatable bonds is 2. The van der Waals surface area contributed by atoms with Crippen LogP contribution in [0.1, 0.15) is 42.7 Å². The number of halogens is 1. The van der Waals surface area contributed by atoms with Crippen molar-refractivity contribution in [2.75, 3.05) is 0 Å². The molecule has 2 aromatic carbocycles. The Hall–Kier alpha value is -0.830. The second kappa shape index (κ2) is 6.30. The van der Waals surface area contributed by atoms with Gasteiger partial charge in [-0.15, -0.1) is 0 Å². The number of benzene rings is 2. The molecule has 0 bridgehead atoms. The predicted octanol–water partition coefficient (Wildman–Crippen LogP) is 6.12. The van der Waals surface area contributed by atoms with E-state index >= 15 is 0 Å². The Morgan fingerprint density at radius 3 is 1.80 bits per heavy atom. The molecule has 1 aliphatic carbocycles. The second-order valence-corrected chi connectivity index (χ2v) is 7.70. The van der Waals surface area contributed by atoms with Crippen LogP contribution in [-0.2, 0) is 0 Å². The lowest BCUT2D eigenvalue weighted by Gasteiger charge is -2.25. The van der Waals surface area contributed by atoms with Crippen molar-refractivity contribution in [3.05, 3.63) is 59.7 Å². The van der Waals surface area contributed by atoms with Gasteiger partial charge in [-0.05, 0) is 55.2 Å². The lowest BCUT2D eigenvalue weighted by atomic mass is 9.83. The largest absolute Gasteiger partial charge is 0.0826 e. The van der Waals surface area contributed by atoms with E-state index in [-0.39, 0.29) is 0 Å². The Kier molecular flexibility index (Phi) is 4.45. The van der Waals surface area contributed by atoms with Crippen LogP contribution in [0.15, 0.2) is 48.5 Å². The number of hydrogen-bond acceptors (Lipinski definition) is 0. The van der Waals surface area contributed by atoms with Crippen molar-refractivity contribution in [3.8, 4) is 11.1 Å². The molecule has 20 heavy (non-hydrogen) atoms. The fourth-order valence-electron chi connectivity index (χ4n) is 3.08. The van der Waals surface area contributed by atoms with Gasteiger partial charge in [-0.25, -0.2) is 0 Å². The summed E-state index contributed by atoms with van der Waals surface area (Å²) in [7, 11) is 0. The van der Waals surface area contributed by atoms with E-state index in [4.69, 9.17) is 0 Å². The Bertz CT molecular complexity index is 545. The first-order chi connectivity index (χ1) is 9.72. The van der Waals surface area contributed by atoms with E-state index in [2.05, 4.69) is 78.0 Å². The van der Waals surface area contributed by atoms with Crippen LogP contribution >= 0.6 is 22.6 Å². The minimum atomic E-state index is 0.785. The maximum absolute atomic E-state index is 2.60. The van der Waals surface area contributed by atoms with Crippen molar-refractivity contribution in [2.45, 2.75) is 42.4 Å². The zero-order chi connectivity index (χ0) is 13.9. The molecule has 0 radical (unpaired) electrons. The second-order valence-electron chi connectivity index (χ2n) is 5.94. The summed E-state index contributed by atoms with van der Waals surface area (Å²) in [5.41, 5.74) is 5.50. The third-order valence-electron chi connectivity index (χ3n) is 4.42. The van der Waals surface area contributed by atoms with Crippen molar-refractivity contribution in [2.24, 2.45) is 0 Å². The van der Waals surface area contributed by atoms with E-state index in [1.54, 1.807) is 0 Å². The average Bonchev–Trinajstić information content (AvgIpc) is 2.49. The van der Waals surface area contributed by atoms with Crippen molar-refractivity contribution < 1.29 is 0 Å². The first-order valence-corrected chi connectivity index (χ1v) is 8.78. The fourth-order valence-corrected chi connectivity index (χ4v) is 3.80. The van der Waals surface area contributed by atoms with Gasteiger partial charge in [0.05, 0.1) is 0 Å². The summed E-state index contributed by atoms with van der Waals surface area (Å²) < 4.78 is 0.899. The Labute approximate surface area is 135 Å². The highest BCUT2D eigenvalue weighted by Gasteiger charge is 2.20. The van der Waals surface area contributed by atoms with Gasteiger partial charge in [0.15, 0.2) is 0 Å². The van der Waals surface area contributed by atoms with Gasteiger partial charge < -0.3 is 0 Å². The summed E-state index contributed by atoms with van der Waals surface area (Å²) in [5.74, 6) is 0.785. The molecule has 0 saturated heterocycles. The zero-order valence-corrected chi connectivity index (χ0v) is 14.1. The molecule has 104 valence electrons. The SMILES string of the molecule is Cc1ccc(-c2ccc(C3CCC(I)CC3)cc2)cc1. The first kappa shape index (κ1) is 14.1. The van der Waals surface area contributed by atoms with Gasteiger partial charge >= 0.3 is 0 Å². The van der Waals surface area contributed by atoms with Crippen LogP contribution in [-0.4, -0.2) is 3.92 Å². The molecule has 1 fully saturated rings. The molecular formula is C19H21I. The highest BCUT2D eigenvalue weighted by Crippen LogP contribution is 2.36. The standard InChI is InChI=1S/C19H21I/c1-14-2-4-15(5-3-14)16-6-8-17(9-7-16)18-10-12-19(20)13-11-18/h2-9,18-19H,10-13H2,1H3. The smallest absolute Gasteiger partial charge is 0.0110 e. The van der Waals surface area contributed by atoms with Crippen LogP contribution in [0.4, 0.5) is 0 Å². The van der Waals surface area contributed by atoms with E-state index < -0.39 is 0 Å². The molecule has 1 aliphatic rings. The van der Waals surface area contributed by atoms with Gasteiger partial charge in [-0.2, -0.15) is 0 Å². The summed E-state index contributed by atoms with van der Waals surface area (Å²) in [6.07, 6.45) is 5.48. The lowest BCUT2D eigenvalue weighted by Crippen LogP contribution is -2.12. The van der Waals surface area contributed by atoms with Crippen LogP contribution in [0.25, 0.3) is 11.1 Å². The first-order valence-electron chi connectivity index (χ1n) is 7.53. The van der Waals surface area contributed by atoms with Crippen molar-refractivity contribution in [3.63, 3.8) is 0 Å². The Morgan fingerprint density at radius 1 is 0.750 bits per heavy atom. The van der Waals surface area contributed by atoms with Crippen molar-refractivity contribution in [1.29, 1.82) is 0 Å². The van der Waals surface area contributed by atoms with Gasteiger partial charge in [0.2, 0.25) is 0 Å². The molecule has 0 aliphatic heterocycles. The monoisotopic (exact) mass is 376 g/mol. The molecule has 0 unspecified atom stereocenters. The maximum Gasteiger partial charge on any atom is 0.0110 e. The summed E-state index contributed by atoms with van der Waals surface area (Å²) in [5, 5.41) is 0. The van der Waals surface area contributed by atoms with Gasteiger partial charge in [0.25, 0.3) is 0 Å². The molecule has 0 aromatic heterocycles. The molecule has 2 aromatic rings. The number of hydrogen-bond donors (Lipinski definition) is 0. The molecule has 0 spiro atoms. The molecule has 1 heteroatoms. The van der Waals surface area contributed by atoms with Gasteiger partial charge in [0.1, 0.15) is 0 Å². The highest BCUT2D eigenvalue weighted by atomic mass is 127. The van der Waals surface area contributed by atoms with E-state index in [0.717, 1.165) is 9.84 Å². The average molecular weight is 376 g/mol. The Morgan fingerprint density at radius 2 is 1.25 bits per heavy atom. The Balaban J connectivity index is 1.76. The van der Waals surface area contributed by atoms with Crippen LogP contribution in [0.3, 0.4) is 0 Å². The topological polar surface area (TPSA) is 0 Å². The molecule has 0 N–H and O–H groups in total. The molecule has 0 heterocycles. The van der Waals surface area contributed by atoms with Gasteiger partial charge in [-0.3, -0.25) is 0 Å². The molecule has 0 amide bonds. The van der Waals surface area contributed by atoms with Gasteiger partial charge in [0, 0.05) is 3.92 Å². The van der Waals surface area contributed by atoms with Crippen LogP contribution in [0, 0.1) is 6.92 Å². The zero-order valence-electron chi connectivity index (χ0n) is 12.0. The summed E-state index contributed by atoms with van der Waals surface area (Å²) in [6.45, 7) is 2.14. The van der Waals surface area contributed by atoms with Crippen LogP contribution < -0.4 is 0 Å². The quantitative estimate of drug-likeness (QED) is 0.437. The third-order valence-corrected chi connectivity index (χ3v) is 5.67. The van der Waals surface area contributed by atoms with E-state index in [1.807, 2.05) is 0 Å². The fraction of sp³-hybridized carbons (Fsp3) is 0.368. The summed E-state index contributed by atoms with van der Waals surface area (Å²) in [4.78, 5) is 0. The minimum absolute atomic E-state index is 0.785. The normalized spacial score (nSPS) is 22.7. The molecular weight excluding hydrogens is 355 g/mol.